The van der Waals surface area contributed by atoms with Gasteiger partial charge in [0.15, 0.2) is 0 Å². The normalized spacial score (nSPS) is 11.6. The van der Waals surface area contributed by atoms with Gasteiger partial charge in [0.2, 0.25) is 0 Å². The van der Waals surface area contributed by atoms with Crippen LogP contribution in [0, 0.1) is 0 Å². The number of hydrogen-bond donors (Lipinski definition) is 2. The van der Waals surface area contributed by atoms with Crippen LogP contribution in [0.15, 0.2) is 48.5 Å². The molecule has 0 saturated carbocycles. The molecule has 0 aromatic heterocycles. The predicted molar refractivity (Wildman–Crippen MR) is 89.4 cm³/mol. The Labute approximate surface area is 131 Å². The van der Waals surface area contributed by atoms with Crippen LogP contribution in [-0.2, 0) is 6.42 Å². The maximum absolute atomic E-state index is 12.1. The van der Waals surface area contributed by atoms with Gasteiger partial charge < -0.3 is 15.4 Å². The number of amides is 2. The van der Waals surface area contributed by atoms with Gasteiger partial charge in [-0.1, -0.05) is 37.3 Å². The van der Waals surface area contributed by atoms with E-state index in [1.165, 1.54) is 5.56 Å². The summed E-state index contributed by atoms with van der Waals surface area (Å²) >= 11 is 0. The Balaban J connectivity index is 1.95. The van der Waals surface area contributed by atoms with Gasteiger partial charge in [-0.05, 0) is 36.6 Å². The van der Waals surface area contributed by atoms with Crippen molar-refractivity contribution in [2.75, 3.05) is 12.4 Å². The molecule has 0 saturated heterocycles. The van der Waals surface area contributed by atoms with Crippen molar-refractivity contribution in [1.29, 1.82) is 0 Å². The molecule has 2 aromatic carbocycles. The smallest absolute Gasteiger partial charge is 0.319 e. The minimum absolute atomic E-state index is 0.0588. The quantitative estimate of drug-likeness (QED) is 0.871. The second kappa shape index (κ2) is 7.50. The van der Waals surface area contributed by atoms with Crippen LogP contribution in [0.25, 0.3) is 0 Å². The number of carbonyl (C=O) groups is 1. The van der Waals surface area contributed by atoms with Crippen molar-refractivity contribution in [2.24, 2.45) is 0 Å². The third-order valence-electron chi connectivity index (χ3n) is 3.56. The summed E-state index contributed by atoms with van der Waals surface area (Å²) in [6.07, 6.45) is 1.01. The van der Waals surface area contributed by atoms with E-state index >= 15 is 0 Å². The van der Waals surface area contributed by atoms with Crippen molar-refractivity contribution in [1.82, 2.24) is 5.32 Å². The molecule has 0 unspecified atom stereocenters. The highest BCUT2D eigenvalue weighted by Gasteiger charge is 2.09. The van der Waals surface area contributed by atoms with E-state index < -0.39 is 0 Å². The van der Waals surface area contributed by atoms with Crippen LogP contribution in [0.1, 0.15) is 31.0 Å². The molecule has 0 heterocycles. The molecule has 4 heteroatoms. The molecule has 2 amide bonds. The molecule has 0 spiro atoms. The minimum atomic E-state index is -0.236. The molecule has 0 bridgehead atoms. The molecule has 0 aliphatic rings. The lowest BCUT2D eigenvalue weighted by Crippen LogP contribution is -2.31. The van der Waals surface area contributed by atoms with Gasteiger partial charge in [-0.25, -0.2) is 4.79 Å². The third-order valence-corrected chi connectivity index (χ3v) is 3.56. The molecule has 116 valence electrons. The first-order chi connectivity index (χ1) is 10.6. The van der Waals surface area contributed by atoms with Gasteiger partial charge in [-0.15, -0.1) is 0 Å². The lowest BCUT2D eigenvalue weighted by molar-refractivity contribution is 0.249. The monoisotopic (exact) mass is 298 g/mol. The van der Waals surface area contributed by atoms with Crippen LogP contribution in [0.3, 0.4) is 0 Å². The summed E-state index contributed by atoms with van der Waals surface area (Å²) in [5.74, 6) is 0.709. The summed E-state index contributed by atoms with van der Waals surface area (Å²) in [6.45, 7) is 4.09. The third kappa shape index (κ3) is 4.25. The SMILES string of the molecule is CCc1ccc([C@@H](C)NC(=O)Nc2cccc(OC)c2)cc1. The average molecular weight is 298 g/mol. The summed E-state index contributed by atoms with van der Waals surface area (Å²) in [5.41, 5.74) is 3.07. The van der Waals surface area contributed by atoms with E-state index in [0.29, 0.717) is 11.4 Å². The summed E-state index contributed by atoms with van der Waals surface area (Å²) in [6, 6.07) is 15.3. The number of rotatable bonds is 5. The van der Waals surface area contributed by atoms with Crippen LogP contribution in [0.5, 0.6) is 5.75 Å². The van der Waals surface area contributed by atoms with E-state index in [2.05, 4.69) is 41.8 Å². The Kier molecular flexibility index (Phi) is 5.42. The number of carbonyl (C=O) groups excluding carboxylic acids is 1. The van der Waals surface area contributed by atoms with Crippen molar-refractivity contribution in [3.63, 3.8) is 0 Å². The lowest BCUT2D eigenvalue weighted by Gasteiger charge is -2.15. The van der Waals surface area contributed by atoms with Crippen molar-refractivity contribution >= 4 is 11.7 Å². The largest absolute Gasteiger partial charge is 0.497 e. The molecule has 4 nitrogen and oxygen atoms in total. The van der Waals surface area contributed by atoms with E-state index in [9.17, 15) is 4.79 Å². The average Bonchev–Trinajstić information content (AvgIpc) is 2.55. The maximum atomic E-state index is 12.1. The molecular formula is C18H22N2O2. The zero-order valence-corrected chi connectivity index (χ0v) is 13.2. The Bertz CT molecular complexity index is 623. The van der Waals surface area contributed by atoms with Crippen molar-refractivity contribution in [2.45, 2.75) is 26.3 Å². The van der Waals surface area contributed by atoms with Crippen LogP contribution in [0.4, 0.5) is 10.5 Å². The second-order valence-corrected chi connectivity index (χ2v) is 5.15. The van der Waals surface area contributed by atoms with Gasteiger partial charge in [0.1, 0.15) is 5.75 Å². The molecule has 2 N–H and O–H groups in total. The number of anilines is 1. The van der Waals surface area contributed by atoms with Gasteiger partial charge in [0, 0.05) is 11.8 Å². The number of ether oxygens (including phenoxy) is 1. The lowest BCUT2D eigenvalue weighted by atomic mass is 10.1. The summed E-state index contributed by atoms with van der Waals surface area (Å²) in [5, 5.41) is 5.74. The van der Waals surface area contributed by atoms with E-state index in [4.69, 9.17) is 4.74 Å². The van der Waals surface area contributed by atoms with Gasteiger partial charge in [0.05, 0.1) is 13.2 Å². The molecular weight excluding hydrogens is 276 g/mol. The first-order valence-corrected chi connectivity index (χ1v) is 7.42. The van der Waals surface area contributed by atoms with Crippen molar-refractivity contribution in [3.8, 4) is 5.75 Å². The van der Waals surface area contributed by atoms with Crippen LogP contribution < -0.4 is 15.4 Å². The topological polar surface area (TPSA) is 50.4 Å². The van der Waals surface area contributed by atoms with Gasteiger partial charge >= 0.3 is 6.03 Å². The van der Waals surface area contributed by atoms with Crippen LogP contribution >= 0.6 is 0 Å². The fraction of sp³-hybridized carbons (Fsp3) is 0.278. The number of benzene rings is 2. The number of methoxy groups -OCH3 is 1. The molecule has 1 atom stereocenters. The van der Waals surface area contributed by atoms with Crippen LogP contribution in [0.2, 0.25) is 0 Å². The zero-order valence-electron chi connectivity index (χ0n) is 13.2. The highest BCUT2D eigenvalue weighted by atomic mass is 16.5. The zero-order chi connectivity index (χ0) is 15.9. The highest BCUT2D eigenvalue weighted by Crippen LogP contribution is 2.17. The fourth-order valence-corrected chi connectivity index (χ4v) is 2.19. The van der Waals surface area contributed by atoms with Gasteiger partial charge in [-0.2, -0.15) is 0 Å². The number of nitrogens with one attached hydrogen (secondary N) is 2. The first-order valence-electron chi connectivity index (χ1n) is 7.42. The summed E-state index contributed by atoms with van der Waals surface area (Å²) in [7, 11) is 1.60. The number of aryl methyl sites for hydroxylation is 1. The van der Waals surface area contributed by atoms with Crippen LogP contribution in [-0.4, -0.2) is 13.1 Å². The van der Waals surface area contributed by atoms with Gasteiger partial charge in [-0.3, -0.25) is 0 Å². The Morgan fingerprint density at radius 3 is 2.55 bits per heavy atom. The summed E-state index contributed by atoms with van der Waals surface area (Å²) in [4.78, 5) is 12.1. The summed E-state index contributed by atoms with van der Waals surface area (Å²) < 4.78 is 5.14. The Morgan fingerprint density at radius 1 is 1.18 bits per heavy atom. The predicted octanol–water partition coefficient (Wildman–Crippen LogP) is 4.14. The molecule has 0 fully saturated rings. The Hall–Kier alpha value is -2.49. The molecule has 0 radical (unpaired) electrons. The maximum Gasteiger partial charge on any atom is 0.319 e. The number of hydrogen-bond acceptors (Lipinski definition) is 2. The second-order valence-electron chi connectivity index (χ2n) is 5.15. The fourth-order valence-electron chi connectivity index (χ4n) is 2.19. The van der Waals surface area contributed by atoms with Gasteiger partial charge in [0.25, 0.3) is 0 Å². The van der Waals surface area contributed by atoms with E-state index in [-0.39, 0.29) is 12.1 Å². The molecule has 0 aliphatic carbocycles. The molecule has 2 rings (SSSR count). The highest BCUT2D eigenvalue weighted by molar-refractivity contribution is 5.89. The van der Waals surface area contributed by atoms with E-state index in [1.807, 2.05) is 25.1 Å². The van der Waals surface area contributed by atoms with E-state index in [0.717, 1.165) is 12.0 Å². The minimum Gasteiger partial charge on any atom is -0.497 e. The van der Waals surface area contributed by atoms with Crippen molar-refractivity contribution in [3.05, 3.63) is 59.7 Å². The van der Waals surface area contributed by atoms with E-state index in [1.54, 1.807) is 13.2 Å². The van der Waals surface area contributed by atoms with Crippen molar-refractivity contribution < 1.29 is 9.53 Å². The Morgan fingerprint density at radius 2 is 1.91 bits per heavy atom. The molecule has 0 aliphatic heterocycles. The standard InChI is InChI=1S/C18H22N2O2/c1-4-14-8-10-15(11-9-14)13(2)19-18(21)20-16-6-5-7-17(12-16)22-3/h5-13H,4H2,1-3H3,(H2,19,20,21)/t13-/m1/s1. The first kappa shape index (κ1) is 15.9. The number of urea groups is 1. The molecule has 22 heavy (non-hydrogen) atoms. The molecule has 2 aromatic rings.